The van der Waals surface area contributed by atoms with Crippen LogP contribution in [0.25, 0.3) is 0 Å². The van der Waals surface area contributed by atoms with Crippen molar-refractivity contribution in [1.29, 1.82) is 0 Å². The standard InChI is InChI=1S/C31H42FN3O4/c1-30(2,3)16-21-14-23-25(17-31(11-5-12-31)39-29(23)34-18-21)33-19-26(36)24(15-20-7-9-22(32)10-8-20)35-28(37)27-6-4-13-38-27/h7-10,14,18,24-27,33,36H,4-6,11-13,15-17,19H2,1-3H3,(H,35,37)/t24-,25-,26+,27-/m0/s1. The third kappa shape index (κ3) is 6.97. The van der Waals surface area contributed by atoms with Crippen molar-refractivity contribution in [3.63, 3.8) is 0 Å². The molecular weight excluding hydrogens is 497 g/mol. The molecule has 1 spiro atoms. The summed E-state index contributed by atoms with van der Waals surface area (Å²) >= 11 is 0. The highest BCUT2D eigenvalue weighted by molar-refractivity contribution is 5.81. The largest absolute Gasteiger partial charge is 0.471 e. The van der Waals surface area contributed by atoms with Crippen molar-refractivity contribution in [2.45, 2.75) is 102 Å². The first kappa shape index (κ1) is 28.0. The van der Waals surface area contributed by atoms with Crippen LogP contribution in [0.3, 0.4) is 0 Å². The molecular formula is C31H42FN3O4. The number of nitrogens with one attached hydrogen (secondary N) is 2. The number of hydrogen-bond acceptors (Lipinski definition) is 6. The van der Waals surface area contributed by atoms with Crippen LogP contribution in [0.4, 0.5) is 4.39 Å². The normalized spacial score (nSPS) is 23.4. The minimum atomic E-state index is -0.866. The number of halogens is 1. The van der Waals surface area contributed by atoms with E-state index < -0.39 is 18.2 Å². The van der Waals surface area contributed by atoms with Gasteiger partial charge in [-0.2, -0.15) is 0 Å². The second kappa shape index (κ2) is 11.5. The minimum Gasteiger partial charge on any atom is -0.471 e. The van der Waals surface area contributed by atoms with E-state index in [-0.39, 0.29) is 35.3 Å². The van der Waals surface area contributed by atoms with E-state index in [1.165, 1.54) is 17.7 Å². The first-order valence-corrected chi connectivity index (χ1v) is 14.3. The van der Waals surface area contributed by atoms with Gasteiger partial charge < -0.3 is 25.2 Å². The van der Waals surface area contributed by atoms with E-state index in [2.05, 4.69) is 37.5 Å². The molecule has 0 bridgehead atoms. The van der Waals surface area contributed by atoms with Gasteiger partial charge in [0.1, 0.15) is 17.5 Å². The molecule has 1 aromatic heterocycles. The number of ether oxygens (including phenoxy) is 2. The molecule has 2 fully saturated rings. The number of rotatable bonds is 9. The van der Waals surface area contributed by atoms with E-state index in [0.29, 0.717) is 25.3 Å². The van der Waals surface area contributed by atoms with E-state index in [9.17, 15) is 14.3 Å². The molecule has 212 valence electrons. The number of nitrogens with zero attached hydrogens (tertiary/aromatic N) is 1. The molecule has 3 N–H and O–H groups in total. The van der Waals surface area contributed by atoms with Crippen LogP contribution in [0, 0.1) is 11.2 Å². The number of aliphatic hydroxyl groups is 1. The number of pyridine rings is 1. The fraction of sp³-hybridized carbons (Fsp3) is 0.613. The molecule has 3 heterocycles. The lowest BCUT2D eigenvalue weighted by molar-refractivity contribution is -0.131. The van der Waals surface area contributed by atoms with Gasteiger partial charge in [0, 0.05) is 37.4 Å². The van der Waals surface area contributed by atoms with Gasteiger partial charge in [0.25, 0.3) is 0 Å². The van der Waals surface area contributed by atoms with E-state index >= 15 is 0 Å². The second-order valence-electron chi connectivity index (χ2n) is 12.8. The summed E-state index contributed by atoms with van der Waals surface area (Å²) in [5.74, 6) is 0.156. The van der Waals surface area contributed by atoms with Crippen molar-refractivity contribution in [2.24, 2.45) is 5.41 Å². The Balaban J connectivity index is 1.32. The van der Waals surface area contributed by atoms with E-state index in [0.717, 1.165) is 49.7 Å². The van der Waals surface area contributed by atoms with Gasteiger partial charge in [-0.15, -0.1) is 0 Å². The van der Waals surface area contributed by atoms with Gasteiger partial charge >= 0.3 is 0 Å². The Morgan fingerprint density at radius 1 is 1.21 bits per heavy atom. The van der Waals surface area contributed by atoms with Gasteiger partial charge in [-0.25, -0.2) is 9.37 Å². The topological polar surface area (TPSA) is 92.7 Å². The van der Waals surface area contributed by atoms with Crippen LogP contribution in [0.2, 0.25) is 0 Å². The summed E-state index contributed by atoms with van der Waals surface area (Å²) < 4.78 is 25.5. The fourth-order valence-electron chi connectivity index (χ4n) is 5.97. The number of carbonyl (C=O) groups is 1. The molecule has 3 aliphatic rings. The maximum atomic E-state index is 13.5. The molecule has 1 aliphatic carbocycles. The molecule has 5 rings (SSSR count). The van der Waals surface area contributed by atoms with Crippen LogP contribution in [0.1, 0.15) is 82.0 Å². The summed E-state index contributed by atoms with van der Waals surface area (Å²) in [6.07, 6.45) is 7.34. The van der Waals surface area contributed by atoms with Crippen LogP contribution in [0.5, 0.6) is 5.88 Å². The van der Waals surface area contributed by atoms with Crippen molar-refractivity contribution in [3.05, 3.63) is 59.0 Å². The summed E-state index contributed by atoms with van der Waals surface area (Å²) in [5, 5.41) is 18.0. The molecule has 2 aliphatic heterocycles. The molecule has 4 atom stereocenters. The second-order valence-corrected chi connectivity index (χ2v) is 12.8. The molecule has 0 unspecified atom stereocenters. The number of aromatic nitrogens is 1. The Labute approximate surface area is 230 Å². The SMILES string of the molecule is CC(C)(C)Cc1cnc2c(c1)[C@@H](NC[C@@H](O)[C@H](Cc1ccc(F)cc1)NC(=O)[C@@H]1CCCO1)CC1(CCC1)O2. The Morgan fingerprint density at radius 3 is 2.62 bits per heavy atom. The smallest absolute Gasteiger partial charge is 0.249 e. The van der Waals surface area contributed by atoms with Crippen LogP contribution in [-0.4, -0.2) is 53.0 Å². The van der Waals surface area contributed by atoms with Gasteiger partial charge in [0.05, 0.1) is 12.1 Å². The lowest BCUT2D eigenvalue weighted by Gasteiger charge is -2.47. The minimum absolute atomic E-state index is 0.0172. The van der Waals surface area contributed by atoms with Gasteiger partial charge in [0.15, 0.2) is 0 Å². The summed E-state index contributed by atoms with van der Waals surface area (Å²) in [6.45, 7) is 7.49. The third-order valence-corrected chi connectivity index (χ3v) is 8.16. The first-order chi connectivity index (χ1) is 18.6. The van der Waals surface area contributed by atoms with Gasteiger partial charge in [-0.1, -0.05) is 32.9 Å². The Bertz CT molecular complexity index is 1140. The molecule has 39 heavy (non-hydrogen) atoms. The molecule has 0 radical (unpaired) electrons. The molecule has 1 saturated heterocycles. The van der Waals surface area contributed by atoms with E-state index in [1.807, 2.05) is 6.20 Å². The molecule has 7 nitrogen and oxygen atoms in total. The lowest BCUT2D eigenvalue weighted by atomic mass is 9.73. The quantitative estimate of drug-likeness (QED) is 0.437. The Hall–Kier alpha value is -2.55. The Morgan fingerprint density at radius 2 is 1.97 bits per heavy atom. The van der Waals surface area contributed by atoms with Crippen molar-refractivity contribution >= 4 is 5.91 Å². The fourth-order valence-corrected chi connectivity index (χ4v) is 5.97. The lowest BCUT2D eigenvalue weighted by Crippen LogP contribution is -2.53. The molecule has 1 aromatic carbocycles. The number of amides is 1. The highest BCUT2D eigenvalue weighted by atomic mass is 19.1. The number of carbonyl (C=O) groups excluding carboxylic acids is 1. The zero-order valence-corrected chi connectivity index (χ0v) is 23.3. The monoisotopic (exact) mass is 539 g/mol. The number of fused-ring (bicyclic) bond motifs is 1. The van der Waals surface area contributed by atoms with Crippen LogP contribution < -0.4 is 15.4 Å². The number of benzene rings is 1. The first-order valence-electron chi connectivity index (χ1n) is 14.3. The van der Waals surface area contributed by atoms with Crippen molar-refractivity contribution < 1.29 is 23.8 Å². The maximum absolute atomic E-state index is 13.5. The summed E-state index contributed by atoms with van der Waals surface area (Å²) in [5.41, 5.74) is 2.97. The predicted octanol–water partition coefficient (Wildman–Crippen LogP) is 4.41. The van der Waals surface area contributed by atoms with Crippen molar-refractivity contribution in [2.75, 3.05) is 13.2 Å². The average molecular weight is 540 g/mol. The molecule has 1 saturated carbocycles. The predicted molar refractivity (Wildman–Crippen MR) is 147 cm³/mol. The Kier molecular flexibility index (Phi) is 8.26. The third-order valence-electron chi connectivity index (χ3n) is 8.16. The highest BCUT2D eigenvalue weighted by Crippen LogP contribution is 2.48. The zero-order chi connectivity index (χ0) is 27.6. The van der Waals surface area contributed by atoms with Gasteiger partial charge in [0.2, 0.25) is 11.8 Å². The summed E-state index contributed by atoms with van der Waals surface area (Å²) in [4.78, 5) is 17.6. The summed E-state index contributed by atoms with van der Waals surface area (Å²) in [7, 11) is 0. The molecule has 1 amide bonds. The van der Waals surface area contributed by atoms with Crippen LogP contribution in [-0.2, 0) is 22.4 Å². The molecule has 2 aromatic rings. The summed E-state index contributed by atoms with van der Waals surface area (Å²) in [6, 6.07) is 7.81. The molecule has 8 heteroatoms. The van der Waals surface area contributed by atoms with E-state index in [1.54, 1.807) is 12.1 Å². The van der Waals surface area contributed by atoms with E-state index in [4.69, 9.17) is 14.5 Å². The van der Waals surface area contributed by atoms with Crippen molar-refractivity contribution in [3.8, 4) is 5.88 Å². The number of aliphatic hydroxyl groups excluding tert-OH is 1. The van der Waals surface area contributed by atoms with Gasteiger partial charge in [-0.3, -0.25) is 4.79 Å². The van der Waals surface area contributed by atoms with Gasteiger partial charge in [-0.05, 0) is 79.7 Å². The number of hydrogen-bond donors (Lipinski definition) is 3. The maximum Gasteiger partial charge on any atom is 0.249 e. The van der Waals surface area contributed by atoms with Crippen LogP contribution in [0.15, 0.2) is 36.5 Å². The highest BCUT2D eigenvalue weighted by Gasteiger charge is 2.46. The zero-order valence-electron chi connectivity index (χ0n) is 23.3. The van der Waals surface area contributed by atoms with Crippen LogP contribution >= 0.6 is 0 Å². The average Bonchev–Trinajstić information content (AvgIpc) is 3.41. The van der Waals surface area contributed by atoms with Crippen molar-refractivity contribution in [1.82, 2.24) is 15.6 Å².